The van der Waals surface area contributed by atoms with Crippen molar-refractivity contribution >= 4 is 28.6 Å². The summed E-state index contributed by atoms with van der Waals surface area (Å²) >= 11 is 2.35. The first kappa shape index (κ1) is 9.29. The van der Waals surface area contributed by atoms with Gasteiger partial charge in [-0.1, -0.05) is 29.0 Å². The van der Waals surface area contributed by atoms with E-state index < -0.39 is 0 Å². The van der Waals surface area contributed by atoms with E-state index in [-0.39, 0.29) is 11.9 Å². The highest BCUT2D eigenvalue weighted by atomic mass is 127. The molecule has 0 saturated heterocycles. The van der Waals surface area contributed by atoms with Gasteiger partial charge >= 0.3 is 5.97 Å². The average molecular weight is 268 g/mol. The van der Waals surface area contributed by atoms with Crippen LogP contribution >= 0.6 is 22.6 Å². The lowest BCUT2D eigenvalue weighted by Gasteiger charge is -2.13. The minimum absolute atomic E-state index is 0.0100. The van der Waals surface area contributed by atoms with E-state index in [0.717, 1.165) is 10.8 Å². The monoisotopic (exact) mass is 268 g/mol. The highest BCUT2D eigenvalue weighted by molar-refractivity contribution is 14.1. The van der Waals surface area contributed by atoms with Gasteiger partial charge in [0.15, 0.2) is 0 Å². The molecule has 1 aliphatic rings. The summed E-state index contributed by atoms with van der Waals surface area (Å²) in [6, 6.07) is 0. The molecule has 0 N–H and O–H groups in total. The van der Waals surface area contributed by atoms with Crippen LogP contribution in [0, 0.1) is 11.8 Å². The van der Waals surface area contributed by atoms with E-state index in [9.17, 15) is 4.79 Å². The Labute approximate surface area is 80.8 Å². The van der Waals surface area contributed by atoms with E-state index in [1.54, 1.807) is 0 Å². The van der Waals surface area contributed by atoms with Crippen molar-refractivity contribution < 1.29 is 9.53 Å². The molecule has 0 aromatic carbocycles. The van der Waals surface area contributed by atoms with Gasteiger partial charge in [-0.3, -0.25) is 4.79 Å². The number of esters is 1. The Morgan fingerprint density at radius 3 is 2.91 bits per heavy atom. The molecule has 3 heteroatoms. The Kier molecular flexibility index (Phi) is 3.62. The Morgan fingerprint density at radius 2 is 2.36 bits per heavy atom. The average Bonchev–Trinajstić information content (AvgIpc) is 2.50. The van der Waals surface area contributed by atoms with Gasteiger partial charge in [-0.2, -0.15) is 0 Å². The topological polar surface area (TPSA) is 26.3 Å². The number of hydrogen-bond donors (Lipinski definition) is 0. The van der Waals surface area contributed by atoms with Gasteiger partial charge in [0, 0.05) is 4.43 Å². The van der Waals surface area contributed by atoms with Crippen molar-refractivity contribution in [3.63, 3.8) is 0 Å². The number of methoxy groups -OCH3 is 1. The molecule has 1 fully saturated rings. The van der Waals surface area contributed by atoms with E-state index in [2.05, 4.69) is 22.6 Å². The molecule has 11 heavy (non-hydrogen) atoms. The Balaban J connectivity index is 2.49. The minimum atomic E-state index is -0.0100. The molecule has 0 heterocycles. The summed E-state index contributed by atoms with van der Waals surface area (Å²) in [5.74, 6) is 0.754. The first-order valence-corrected chi connectivity index (χ1v) is 5.46. The third-order valence-electron chi connectivity index (χ3n) is 2.36. The summed E-state index contributed by atoms with van der Waals surface area (Å²) in [4.78, 5) is 11.2. The molecule has 1 saturated carbocycles. The third kappa shape index (κ3) is 2.07. The van der Waals surface area contributed by atoms with Crippen LogP contribution in [0.25, 0.3) is 0 Å². The summed E-state index contributed by atoms with van der Waals surface area (Å²) in [5, 5.41) is 0. The molecule has 0 radical (unpaired) electrons. The molecular weight excluding hydrogens is 255 g/mol. The van der Waals surface area contributed by atoms with Gasteiger partial charge in [-0.15, -0.1) is 0 Å². The highest BCUT2D eigenvalue weighted by Gasteiger charge is 2.32. The van der Waals surface area contributed by atoms with Gasteiger partial charge in [0.1, 0.15) is 0 Å². The molecule has 0 amide bonds. The van der Waals surface area contributed by atoms with Gasteiger partial charge in [0.25, 0.3) is 0 Å². The second-order valence-corrected chi connectivity index (χ2v) is 3.86. The number of hydrogen-bond acceptors (Lipinski definition) is 2. The summed E-state index contributed by atoms with van der Waals surface area (Å²) in [5.41, 5.74) is 0. The molecule has 2 nitrogen and oxygen atoms in total. The number of carbonyl (C=O) groups excluding carboxylic acids is 1. The normalized spacial score (nSPS) is 30.4. The van der Waals surface area contributed by atoms with E-state index in [0.29, 0.717) is 5.92 Å². The number of ether oxygens (including phenoxy) is 1. The van der Waals surface area contributed by atoms with Crippen molar-refractivity contribution in [1.29, 1.82) is 0 Å². The largest absolute Gasteiger partial charge is 0.469 e. The number of halogens is 1. The van der Waals surface area contributed by atoms with Crippen molar-refractivity contribution in [2.75, 3.05) is 11.5 Å². The summed E-state index contributed by atoms with van der Waals surface area (Å²) < 4.78 is 5.80. The highest BCUT2D eigenvalue weighted by Crippen LogP contribution is 2.33. The molecule has 2 atom stereocenters. The van der Waals surface area contributed by atoms with Crippen molar-refractivity contribution in [3.8, 4) is 0 Å². The maximum absolute atomic E-state index is 11.2. The molecule has 64 valence electrons. The van der Waals surface area contributed by atoms with E-state index in [1.165, 1.54) is 20.0 Å². The zero-order chi connectivity index (χ0) is 8.27. The van der Waals surface area contributed by atoms with Crippen molar-refractivity contribution in [2.45, 2.75) is 19.3 Å². The fourth-order valence-corrected chi connectivity index (χ4v) is 2.74. The summed E-state index contributed by atoms with van der Waals surface area (Å²) in [7, 11) is 1.48. The van der Waals surface area contributed by atoms with E-state index in [1.807, 2.05) is 0 Å². The van der Waals surface area contributed by atoms with Crippen LogP contribution in [0.1, 0.15) is 19.3 Å². The van der Waals surface area contributed by atoms with Crippen LogP contribution in [0.4, 0.5) is 0 Å². The van der Waals surface area contributed by atoms with Crippen molar-refractivity contribution in [1.82, 2.24) is 0 Å². The molecule has 0 aromatic rings. The lowest BCUT2D eigenvalue weighted by molar-refractivity contribution is -0.146. The van der Waals surface area contributed by atoms with Gasteiger partial charge in [-0.05, 0) is 18.8 Å². The Morgan fingerprint density at radius 1 is 1.64 bits per heavy atom. The minimum Gasteiger partial charge on any atom is -0.469 e. The van der Waals surface area contributed by atoms with Crippen LogP contribution in [0.15, 0.2) is 0 Å². The first-order valence-electron chi connectivity index (χ1n) is 3.93. The molecular formula is C8H13IO2. The van der Waals surface area contributed by atoms with Gasteiger partial charge < -0.3 is 4.74 Å². The summed E-state index contributed by atoms with van der Waals surface area (Å²) in [6.45, 7) is 0. The van der Waals surface area contributed by atoms with Crippen LogP contribution in [0.5, 0.6) is 0 Å². The summed E-state index contributed by atoms with van der Waals surface area (Å²) in [6.07, 6.45) is 3.41. The SMILES string of the molecule is COC(=O)[C@@H]1CCC[C@H]1CI. The first-order chi connectivity index (χ1) is 5.29. The van der Waals surface area contributed by atoms with Gasteiger partial charge in [-0.25, -0.2) is 0 Å². The zero-order valence-electron chi connectivity index (χ0n) is 6.68. The van der Waals surface area contributed by atoms with Crippen LogP contribution in [-0.4, -0.2) is 17.5 Å². The van der Waals surface area contributed by atoms with E-state index >= 15 is 0 Å². The smallest absolute Gasteiger partial charge is 0.308 e. The molecule has 1 aliphatic carbocycles. The Bertz CT molecular complexity index is 147. The van der Waals surface area contributed by atoms with Crippen LogP contribution < -0.4 is 0 Å². The quantitative estimate of drug-likeness (QED) is 0.435. The number of carbonyl (C=O) groups is 1. The molecule has 0 bridgehead atoms. The zero-order valence-corrected chi connectivity index (χ0v) is 8.84. The number of alkyl halides is 1. The fraction of sp³-hybridized carbons (Fsp3) is 0.875. The maximum atomic E-state index is 11.2. The predicted octanol–water partition coefficient (Wildman–Crippen LogP) is 2.01. The van der Waals surface area contributed by atoms with Crippen molar-refractivity contribution in [3.05, 3.63) is 0 Å². The van der Waals surface area contributed by atoms with Crippen LogP contribution in [0.2, 0.25) is 0 Å². The Hall–Kier alpha value is 0.200. The molecule has 0 unspecified atom stereocenters. The maximum Gasteiger partial charge on any atom is 0.308 e. The molecule has 1 rings (SSSR count). The lowest BCUT2D eigenvalue weighted by Crippen LogP contribution is -2.20. The van der Waals surface area contributed by atoms with Crippen LogP contribution in [-0.2, 0) is 9.53 Å². The second kappa shape index (κ2) is 4.28. The fourth-order valence-electron chi connectivity index (χ4n) is 1.68. The second-order valence-electron chi connectivity index (χ2n) is 2.97. The van der Waals surface area contributed by atoms with Crippen LogP contribution in [0.3, 0.4) is 0 Å². The molecule has 0 aromatic heterocycles. The van der Waals surface area contributed by atoms with Gasteiger partial charge in [0.2, 0.25) is 0 Å². The molecule has 0 spiro atoms. The van der Waals surface area contributed by atoms with Crippen molar-refractivity contribution in [2.24, 2.45) is 11.8 Å². The predicted molar refractivity (Wildman–Crippen MR) is 51.7 cm³/mol. The number of rotatable bonds is 2. The van der Waals surface area contributed by atoms with Gasteiger partial charge in [0.05, 0.1) is 13.0 Å². The van der Waals surface area contributed by atoms with E-state index in [4.69, 9.17) is 4.74 Å². The lowest BCUT2D eigenvalue weighted by atomic mass is 9.99. The molecule has 0 aliphatic heterocycles. The third-order valence-corrected chi connectivity index (χ3v) is 3.49. The standard InChI is InChI=1S/C8H13IO2/c1-11-8(10)7-4-2-3-6(7)5-9/h6-7H,2-5H2,1H3/t6-,7+/m0/s1.